The molecule has 0 unspecified atom stereocenters. The van der Waals surface area contributed by atoms with Crippen LogP contribution in [0.3, 0.4) is 0 Å². The van der Waals surface area contributed by atoms with Gasteiger partial charge in [-0.3, -0.25) is 9.69 Å². The van der Waals surface area contributed by atoms with Crippen molar-refractivity contribution in [3.63, 3.8) is 0 Å². The van der Waals surface area contributed by atoms with Gasteiger partial charge in [0.05, 0.1) is 6.61 Å². The van der Waals surface area contributed by atoms with Gasteiger partial charge in [-0.15, -0.1) is 0 Å². The molecule has 1 N–H and O–H groups in total. The molecule has 0 aliphatic carbocycles. The lowest BCUT2D eigenvalue weighted by Crippen LogP contribution is -2.56. The summed E-state index contributed by atoms with van der Waals surface area (Å²) in [6.45, 7) is 12.2. The molecule has 0 radical (unpaired) electrons. The van der Waals surface area contributed by atoms with Crippen LogP contribution in [-0.4, -0.2) is 75.2 Å². The smallest absolute Gasteiger partial charge is 0.408 e. The average Bonchev–Trinajstić information content (AvgIpc) is 2.80. The van der Waals surface area contributed by atoms with Crippen molar-refractivity contribution >= 4 is 17.8 Å². The standard InChI is InChI=1S/C25H35N5O4/c1-18(2)16-34-21-15-20(26-17-27-21)28-11-13-29(14-12-28)23(31)22(19-9-7-6-8-10-19)30(24(32)33)25(3,4)5/h6-10,15,17-18,22H,11-14,16H2,1-5H3,(H,32,33)/t22-/m1/s1. The highest BCUT2D eigenvalue weighted by Crippen LogP contribution is 2.31. The van der Waals surface area contributed by atoms with E-state index in [4.69, 9.17) is 4.74 Å². The minimum atomic E-state index is -1.12. The van der Waals surface area contributed by atoms with Gasteiger partial charge in [0.2, 0.25) is 11.8 Å². The molecule has 9 nitrogen and oxygen atoms in total. The fourth-order valence-corrected chi connectivity index (χ4v) is 3.98. The topological polar surface area (TPSA) is 99.1 Å². The first-order chi connectivity index (χ1) is 16.1. The maximum atomic E-state index is 13.7. The van der Waals surface area contributed by atoms with E-state index >= 15 is 0 Å². The van der Waals surface area contributed by atoms with Crippen LogP contribution in [-0.2, 0) is 4.79 Å². The Morgan fingerprint density at radius 1 is 1.09 bits per heavy atom. The molecule has 2 aromatic rings. The van der Waals surface area contributed by atoms with E-state index < -0.39 is 17.7 Å². The van der Waals surface area contributed by atoms with Gasteiger partial charge in [0.1, 0.15) is 18.2 Å². The maximum Gasteiger partial charge on any atom is 0.408 e. The zero-order chi connectivity index (χ0) is 24.9. The summed E-state index contributed by atoms with van der Waals surface area (Å²) in [6, 6.07) is 10.0. The molecule has 9 heteroatoms. The molecule has 2 amide bonds. The van der Waals surface area contributed by atoms with Crippen LogP contribution in [0.15, 0.2) is 42.7 Å². The van der Waals surface area contributed by atoms with Crippen LogP contribution < -0.4 is 9.64 Å². The van der Waals surface area contributed by atoms with Gasteiger partial charge in [-0.25, -0.2) is 14.8 Å². The van der Waals surface area contributed by atoms with Crippen molar-refractivity contribution in [3.8, 4) is 5.88 Å². The predicted molar refractivity (Wildman–Crippen MR) is 130 cm³/mol. The third-order valence-corrected chi connectivity index (χ3v) is 5.64. The van der Waals surface area contributed by atoms with Crippen LogP contribution in [0.2, 0.25) is 0 Å². The minimum Gasteiger partial charge on any atom is -0.477 e. The molecule has 1 aromatic heterocycles. The van der Waals surface area contributed by atoms with Gasteiger partial charge in [-0.2, -0.15) is 0 Å². The monoisotopic (exact) mass is 469 g/mol. The van der Waals surface area contributed by atoms with E-state index in [0.29, 0.717) is 50.1 Å². The Morgan fingerprint density at radius 2 is 1.74 bits per heavy atom. The molecule has 1 saturated heterocycles. The van der Waals surface area contributed by atoms with Crippen molar-refractivity contribution in [2.45, 2.75) is 46.2 Å². The number of rotatable bonds is 7. The SMILES string of the molecule is CC(C)COc1cc(N2CCN(C(=O)[C@@H](c3ccccc3)N(C(=O)O)C(C)(C)C)CC2)ncn1. The van der Waals surface area contributed by atoms with Gasteiger partial charge < -0.3 is 19.6 Å². The number of carbonyl (C=O) groups is 2. The summed E-state index contributed by atoms with van der Waals surface area (Å²) in [5, 5.41) is 10.0. The fraction of sp³-hybridized carbons (Fsp3) is 0.520. The number of hydrogen-bond donors (Lipinski definition) is 1. The number of anilines is 1. The van der Waals surface area contributed by atoms with E-state index in [1.165, 1.54) is 11.2 Å². The summed E-state index contributed by atoms with van der Waals surface area (Å²) >= 11 is 0. The van der Waals surface area contributed by atoms with Crippen LogP contribution in [0.1, 0.15) is 46.2 Å². The summed E-state index contributed by atoms with van der Waals surface area (Å²) in [5.41, 5.74) is -0.0908. The molecule has 1 aromatic carbocycles. The van der Waals surface area contributed by atoms with Gasteiger partial charge in [-0.1, -0.05) is 44.2 Å². The van der Waals surface area contributed by atoms with E-state index in [0.717, 1.165) is 5.82 Å². The maximum absolute atomic E-state index is 13.7. The van der Waals surface area contributed by atoms with Crippen molar-refractivity contribution in [2.75, 3.05) is 37.7 Å². The molecule has 34 heavy (non-hydrogen) atoms. The highest BCUT2D eigenvalue weighted by Gasteiger charge is 2.41. The largest absolute Gasteiger partial charge is 0.477 e. The molecule has 184 valence electrons. The van der Waals surface area contributed by atoms with E-state index in [1.54, 1.807) is 37.8 Å². The van der Waals surface area contributed by atoms with Crippen molar-refractivity contribution < 1.29 is 19.4 Å². The van der Waals surface area contributed by atoms with Crippen LogP contribution in [0.5, 0.6) is 5.88 Å². The number of piperazine rings is 1. The third-order valence-electron chi connectivity index (χ3n) is 5.64. The minimum absolute atomic E-state index is 0.216. The van der Waals surface area contributed by atoms with Crippen molar-refractivity contribution in [1.29, 1.82) is 0 Å². The molecule has 0 saturated carbocycles. The Morgan fingerprint density at radius 3 is 2.29 bits per heavy atom. The molecule has 0 spiro atoms. The molecular formula is C25H35N5O4. The molecule has 1 aliphatic heterocycles. The number of ether oxygens (including phenoxy) is 1. The van der Waals surface area contributed by atoms with E-state index in [-0.39, 0.29) is 5.91 Å². The molecule has 1 aliphatic rings. The van der Waals surface area contributed by atoms with Gasteiger partial charge in [0.25, 0.3) is 0 Å². The second-order valence-corrected chi connectivity index (χ2v) is 9.87. The Balaban J connectivity index is 1.76. The van der Waals surface area contributed by atoms with Crippen LogP contribution in [0, 0.1) is 5.92 Å². The summed E-state index contributed by atoms with van der Waals surface area (Å²) in [4.78, 5) is 39.6. The van der Waals surface area contributed by atoms with Crippen LogP contribution in [0.4, 0.5) is 10.6 Å². The second kappa shape index (κ2) is 10.7. The van der Waals surface area contributed by atoms with Crippen LogP contribution in [0.25, 0.3) is 0 Å². The highest BCUT2D eigenvalue weighted by atomic mass is 16.5. The second-order valence-electron chi connectivity index (χ2n) is 9.87. The lowest BCUT2D eigenvalue weighted by molar-refractivity contribution is -0.138. The van der Waals surface area contributed by atoms with E-state index in [2.05, 4.69) is 28.7 Å². The Hall–Kier alpha value is -3.36. The fourth-order valence-electron chi connectivity index (χ4n) is 3.98. The number of benzene rings is 1. The summed E-state index contributed by atoms with van der Waals surface area (Å²) < 4.78 is 5.72. The number of hydrogen-bond acceptors (Lipinski definition) is 6. The third kappa shape index (κ3) is 6.15. The molecule has 0 bridgehead atoms. The van der Waals surface area contributed by atoms with E-state index in [1.807, 2.05) is 24.3 Å². The first-order valence-electron chi connectivity index (χ1n) is 11.6. The van der Waals surface area contributed by atoms with Gasteiger partial charge >= 0.3 is 6.09 Å². The first kappa shape index (κ1) is 25.3. The first-order valence-corrected chi connectivity index (χ1v) is 11.6. The zero-order valence-corrected chi connectivity index (χ0v) is 20.6. The number of carboxylic acid groups (broad SMARTS) is 1. The van der Waals surface area contributed by atoms with Gasteiger partial charge in [0.15, 0.2) is 0 Å². The Kier molecular flexibility index (Phi) is 7.96. The number of aromatic nitrogens is 2. The number of nitrogens with zero attached hydrogens (tertiary/aromatic N) is 5. The summed E-state index contributed by atoms with van der Waals surface area (Å²) in [5.74, 6) is 1.46. The Bertz CT molecular complexity index is 969. The highest BCUT2D eigenvalue weighted by molar-refractivity contribution is 5.87. The summed E-state index contributed by atoms with van der Waals surface area (Å²) in [6.07, 6.45) is 0.366. The normalized spacial score (nSPS) is 15.2. The van der Waals surface area contributed by atoms with Gasteiger partial charge in [-0.05, 0) is 32.3 Å². The molecule has 1 atom stereocenters. The van der Waals surface area contributed by atoms with E-state index in [9.17, 15) is 14.7 Å². The van der Waals surface area contributed by atoms with Crippen molar-refractivity contribution in [3.05, 3.63) is 48.3 Å². The molecular weight excluding hydrogens is 434 g/mol. The zero-order valence-electron chi connectivity index (χ0n) is 20.6. The predicted octanol–water partition coefficient (Wildman–Crippen LogP) is 3.68. The number of amides is 2. The van der Waals surface area contributed by atoms with Crippen molar-refractivity contribution in [1.82, 2.24) is 19.8 Å². The molecule has 3 rings (SSSR count). The quantitative estimate of drug-likeness (QED) is 0.660. The molecule has 2 heterocycles. The van der Waals surface area contributed by atoms with Crippen LogP contribution >= 0.6 is 0 Å². The molecule has 1 fully saturated rings. The van der Waals surface area contributed by atoms with Gasteiger partial charge in [0, 0.05) is 37.8 Å². The lowest BCUT2D eigenvalue weighted by Gasteiger charge is -2.43. The number of carbonyl (C=O) groups excluding carboxylic acids is 1. The summed E-state index contributed by atoms with van der Waals surface area (Å²) in [7, 11) is 0. The lowest BCUT2D eigenvalue weighted by atomic mass is 9.97. The average molecular weight is 470 g/mol. The Labute approximate surface area is 201 Å². The van der Waals surface area contributed by atoms with Crippen molar-refractivity contribution in [2.24, 2.45) is 5.92 Å².